The zero-order chi connectivity index (χ0) is 10.2. The third-order valence-corrected chi connectivity index (χ3v) is 3.12. The van der Waals surface area contributed by atoms with Crippen molar-refractivity contribution in [3.8, 4) is 0 Å². The average molecular weight is 199 g/mol. The minimum absolute atomic E-state index is 0.486. The minimum Gasteiger partial charge on any atom is -0.377 e. The number of likely N-dealkylation sites (tertiary alicyclic amines) is 1. The van der Waals surface area contributed by atoms with Crippen LogP contribution in [0.15, 0.2) is 0 Å². The second-order valence-electron chi connectivity index (χ2n) is 4.21. The lowest BCUT2D eigenvalue weighted by atomic mass is 10.1. The smallest absolute Gasteiger partial charge is 0.0597 e. The van der Waals surface area contributed by atoms with E-state index in [0.29, 0.717) is 6.10 Å². The van der Waals surface area contributed by atoms with Crippen LogP contribution in [-0.4, -0.2) is 37.2 Å². The maximum absolute atomic E-state index is 5.80. The predicted molar refractivity (Wildman–Crippen MR) is 60.6 cm³/mol. The van der Waals surface area contributed by atoms with E-state index >= 15 is 0 Å². The SMILES string of the molecule is CCC(CC)OCCN1CCCCC1. The maximum Gasteiger partial charge on any atom is 0.0597 e. The van der Waals surface area contributed by atoms with Gasteiger partial charge in [0.25, 0.3) is 0 Å². The molecule has 1 aliphatic heterocycles. The highest BCUT2D eigenvalue weighted by molar-refractivity contribution is 4.64. The van der Waals surface area contributed by atoms with Gasteiger partial charge in [-0.25, -0.2) is 0 Å². The van der Waals surface area contributed by atoms with E-state index in [1.54, 1.807) is 0 Å². The van der Waals surface area contributed by atoms with Crippen LogP contribution in [0.4, 0.5) is 0 Å². The number of piperidine rings is 1. The molecule has 0 spiro atoms. The van der Waals surface area contributed by atoms with Gasteiger partial charge in [-0.15, -0.1) is 0 Å². The van der Waals surface area contributed by atoms with Crippen LogP contribution in [0.2, 0.25) is 0 Å². The largest absolute Gasteiger partial charge is 0.377 e. The molecule has 0 N–H and O–H groups in total. The molecular formula is C12H25NO. The van der Waals surface area contributed by atoms with Crippen molar-refractivity contribution in [3.63, 3.8) is 0 Å². The van der Waals surface area contributed by atoms with Gasteiger partial charge >= 0.3 is 0 Å². The molecule has 1 aliphatic rings. The molecule has 2 nitrogen and oxygen atoms in total. The van der Waals surface area contributed by atoms with Crippen LogP contribution < -0.4 is 0 Å². The third kappa shape index (κ3) is 4.43. The van der Waals surface area contributed by atoms with Gasteiger partial charge in [-0.3, -0.25) is 0 Å². The number of nitrogens with zero attached hydrogens (tertiary/aromatic N) is 1. The van der Waals surface area contributed by atoms with Crippen molar-refractivity contribution in [2.45, 2.75) is 52.1 Å². The van der Waals surface area contributed by atoms with Gasteiger partial charge in [0.05, 0.1) is 12.7 Å². The van der Waals surface area contributed by atoms with E-state index in [0.717, 1.165) is 26.0 Å². The Balaban J connectivity index is 2.01. The monoisotopic (exact) mass is 199 g/mol. The maximum atomic E-state index is 5.80. The number of rotatable bonds is 6. The van der Waals surface area contributed by atoms with Crippen molar-refractivity contribution in [2.75, 3.05) is 26.2 Å². The molecule has 1 rings (SSSR count). The summed E-state index contributed by atoms with van der Waals surface area (Å²) in [5.74, 6) is 0. The first-order valence-corrected chi connectivity index (χ1v) is 6.20. The molecule has 0 atom stereocenters. The third-order valence-electron chi connectivity index (χ3n) is 3.12. The summed E-state index contributed by atoms with van der Waals surface area (Å²) in [4.78, 5) is 2.53. The van der Waals surface area contributed by atoms with Crippen molar-refractivity contribution < 1.29 is 4.74 Å². The van der Waals surface area contributed by atoms with E-state index in [1.807, 2.05) is 0 Å². The first-order chi connectivity index (χ1) is 6.86. The van der Waals surface area contributed by atoms with Crippen molar-refractivity contribution in [1.82, 2.24) is 4.90 Å². The highest BCUT2D eigenvalue weighted by Gasteiger charge is 2.10. The second kappa shape index (κ2) is 7.24. The zero-order valence-corrected chi connectivity index (χ0v) is 9.80. The van der Waals surface area contributed by atoms with Crippen molar-refractivity contribution in [3.05, 3.63) is 0 Å². The van der Waals surface area contributed by atoms with E-state index in [1.165, 1.54) is 32.4 Å². The van der Waals surface area contributed by atoms with Crippen molar-refractivity contribution >= 4 is 0 Å². The van der Waals surface area contributed by atoms with E-state index in [9.17, 15) is 0 Å². The van der Waals surface area contributed by atoms with E-state index < -0.39 is 0 Å². The Hall–Kier alpha value is -0.0800. The molecule has 84 valence electrons. The summed E-state index contributed by atoms with van der Waals surface area (Å²) in [5.41, 5.74) is 0. The fourth-order valence-corrected chi connectivity index (χ4v) is 2.06. The Labute approximate surface area is 88.6 Å². The Morgan fingerprint density at radius 1 is 1.07 bits per heavy atom. The summed E-state index contributed by atoms with van der Waals surface area (Å²) in [6, 6.07) is 0. The minimum atomic E-state index is 0.486. The Bertz CT molecular complexity index is 128. The van der Waals surface area contributed by atoms with Crippen LogP contribution in [-0.2, 0) is 4.74 Å². The van der Waals surface area contributed by atoms with Crippen LogP contribution >= 0.6 is 0 Å². The highest BCUT2D eigenvalue weighted by atomic mass is 16.5. The summed E-state index contributed by atoms with van der Waals surface area (Å²) in [5, 5.41) is 0. The number of ether oxygens (including phenoxy) is 1. The zero-order valence-electron chi connectivity index (χ0n) is 9.80. The molecule has 1 heterocycles. The number of hydrogen-bond acceptors (Lipinski definition) is 2. The van der Waals surface area contributed by atoms with Gasteiger partial charge < -0.3 is 9.64 Å². The quantitative estimate of drug-likeness (QED) is 0.652. The fraction of sp³-hybridized carbons (Fsp3) is 1.00. The molecule has 0 unspecified atom stereocenters. The molecule has 0 aromatic rings. The molecule has 14 heavy (non-hydrogen) atoms. The van der Waals surface area contributed by atoms with Crippen LogP contribution in [0.25, 0.3) is 0 Å². The van der Waals surface area contributed by atoms with E-state index in [-0.39, 0.29) is 0 Å². The lowest BCUT2D eigenvalue weighted by Crippen LogP contribution is -2.33. The van der Waals surface area contributed by atoms with Gasteiger partial charge in [0, 0.05) is 6.54 Å². The van der Waals surface area contributed by atoms with Crippen LogP contribution in [0.5, 0.6) is 0 Å². The van der Waals surface area contributed by atoms with Gasteiger partial charge in [-0.1, -0.05) is 20.3 Å². The molecule has 1 fully saturated rings. The molecule has 0 radical (unpaired) electrons. The first kappa shape index (κ1) is 12.0. The Morgan fingerprint density at radius 3 is 2.29 bits per heavy atom. The van der Waals surface area contributed by atoms with Gasteiger partial charge in [0.2, 0.25) is 0 Å². The summed E-state index contributed by atoms with van der Waals surface area (Å²) >= 11 is 0. The molecule has 0 saturated carbocycles. The van der Waals surface area contributed by atoms with Gasteiger partial charge in [0.15, 0.2) is 0 Å². The predicted octanol–water partition coefficient (Wildman–Crippen LogP) is 2.68. The molecule has 0 bridgehead atoms. The number of hydrogen-bond donors (Lipinski definition) is 0. The van der Waals surface area contributed by atoms with Crippen LogP contribution in [0, 0.1) is 0 Å². The summed E-state index contributed by atoms with van der Waals surface area (Å²) in [6.45, 7) is 9.03. The molecule has 2 heteroatoms. The average Bonchev–Trinajstić information content (AvgIpc) is 2.26. The fourth-order valence-electron chi connectivity index (χ4n) is 2.06. The van der Waals surface area contributed by atoms with Gasteiger partial charge in [-0.05, 0) is 38.8 Å². The molecule has 0 aliphatic carbocycles. The van der Waals surface area contributed by atoms with Crippen molar-refractivity contribution in [2.24, 2.45) is 0 Å². The summed E-state index contributed by atoms with van der Waals surface area (Å²) in [6.07, 6.45) is 6.96. The molecule has 0 amide bonds. The lowest BCUT2D eigenvalue weighted by molar-refractivity contribution is 0.0304. The molecule has 1 saturated heterocycles. The van der Waals surface area contributed by atoms with Gasteiger partial charge in [-0.2, -0.15) is 0 Å². The van der Waals surface area contributed by atoms with Crippen molar-refractivity contribution in [1.29, 1.82) is 0 Å². The molecule has 0 aromatic heterocycles. The van der Waals surface area contributed by atoms with E-state index in [4.69, 9.17) is 4.74 Å². The molecular weight excluding hydrogens is 174 g/mol. The Kier molecular flexibility index (Phi) is 6.20. The first-order valence-electron chi connectivity index (χ1n) is 6.20. The normalized spacial score (nSPS) is 19.1. The van der Waals surface area contributed by atoms with E-state index in [2.05, 4.69) is 18.7 Å². The standard InChI is InChI=1S/C12H25NO/c1-3-12(4-2)14-11-10-13-8-6-5-7-9-13/h12H,3-11H2,1-2H3. The Morgan fingerprint density at radius 2 is 1.71 bits per heavy atom. The lowest BCUT2D eigenvalue weighted by Gasteiger charge is -2.27. The summed E-state index contributed by atoms with van der Waals surface area (Å²) in [7, 11) is 0. The van der Waals surface area contributed by atoms with Gasteiger partial charge in [0.1, 0.15) is 0 Å². The summed E-state index contributed by atoms with van der Waals surface area (Å²) < 4.78 is 5.80. The second-order valence-corrected chi connectivity index (χ2v) is 4.21. The highest BCUT2D eigenvalue weighted by Crippen LogP contribution is 2.08. The molecule has 0 aromatic carbocycles. The van der Waals surface area contributed by atoms with Crippen LogP contribution in [0.3, 0.4) is 0 Å². The topological polar surface area (TPSA) is 12.5 Å². The van der Waals surface area contributed by atoms with Crippen LogP contribution in [0.1, 0.15) is 46.0 Å².